The number of benzene rings is 7. The van der Waals surface area contributed by atoms with Gasteiger partial charge in [0.2, 0.25) is 0 Å². The number of hydrogen-bond donors (Lipinski definition) is 0. The van der Waals surface area contributed by atoms with Crippen LogP contribution in [0.2, 0.25) is 0 Å². The first-order valence-electron chi connectivity index (χ1n) is 15.4. The summed E-state index contributed by atoms with van der Waals surface area (Å²) in [5.74, 6) is 0. The normalized spacial score (nSPS) is 12.3. The highest BCUT2D eigenvalue weighted by Crippen LogP contribution is 2.46. The zero-order valence-electron chi connectivity index (χ0n) is 24.4. The summed E-state index contributed by atoms with van der Waals surface area (Å²) in [5, 5.41) is 25.2. The summed E-state index contributed by atoms with van der Waals surface area (Å²) < 4.78 is 4.41. The number of nitriles is 1. The third-order valence-electron chi connectivity index (χ3n) is 10.0. The minimum absolute atomic E-state index is 0.585. The SMILES string of the molecule is N#Cc1c(-n2c3cccc4c5ccccc5c5cncc2c5c43)cccc1-n1c2cccc3c4ccccc4c4ccnc1c4c32. The molecule has 0 saturated carbocycles. The second-order valence-electron chi connectivity index (χ2n) is 12.1. The van der Waals surface area contributed by atoms with Crippen molar-refractivity contribution in [2.24, 2.45) is 0 Å². The zero-order valence-corrected chi connectivity index (χ0v) is 24.4. The van der Waals surface area contributed by atoms with Crippen LogP contribution in [0, 0.1) is 11.3 Å². The molecule has 46 heavy (non-hydrogen) atoms. The zero-order chi connectivity index (χ0) is 30.1. The first-order valence-corrected chi connectivity index (χ1v) is 15.4. The molecule has 11 rings (SSSR count). The molecular formula is C41H21N5. The minimum atomic E-state index is 0.585. The lowest BCUT2D eigenvalue weighted by Gasteiger charge is -2.15. The fraction of sp³-hybridized carbons (Fsp3) is 0. The van der Waals surface area contributed by atoms with Crippen LogP contribution in [0.4, 0.5) is 0 Å². The monoisotopic (exact) mass is 583 g/mol. The molecular weight excluding hydrogens is 562 g/mol. The Bertz CT molecular complexity index is 2720. The molecule has 5 nitrogen and oxygen atoms in total. The molecule has 0 fully saturated rings. The Morgan fingerprint density at radius 3 is 1.65 bits per heavy atom. The van der Waals surface area contributed by atoms with Crippen LogP contribution >= 0.6 is 0 Å². The standard InChI is InChI=1S/C41H21N5/c42-20-30-32(45-34-16-5-12-27-25-10-3-4-11-26(25)31-21-43-22-36(45)39(31)37(27)34)14-7-15-33(30)46-35-17-6-13-28-23-8-1-2-9-24(23)29-18-19-44-41(46)40(29)38(28)35/h1-19,21-22H. The number of fused-ring (bicyclic) bond motifs is 6. The third-order valence-corrected chi connectivity index (χ3v) is 10.0. The topological polar surface area (TPSA) is 59.4 Å². The van der Waals surface area contributed by atoms with Crippen molar-refractivity contribution in [1.29, 1.82) is 5.26 Å². The number of rotatable bonds is 2. The molecule has 0 unspecified atom stereocenters. The van der Waals surface area contributed by atoms with Gasteiger partial charge in [-0.15, -0.1) is 0 Å². The number of nitrogens with zero attached hydrogens (tertiary/aromatic N) is 5. The van der Waals surface area contributed by atoms with Gasteiger partial charge < -0.3 is 4.57 Å². The Hall–Kier alpha value is -6.51. The summed E-state index contributed by atoms with van der Waals surface area (Å²) in [5.41, 5.74) is 6.15. The van der Waals surface area contributed by atoms with Crippen LogP contribution in [0.3, 0.4) is 0 Å². The fourth-order valence-corrected chi connectivity index (χ4v) is 8.27. The predicted octanol–water partition coefficient (Wildman–Crippen LogP) is 10.0. The molecule has 11 aromatic rings. The molecule has 4 aromatic heterocycles. The highest BCUT2D eigenvalue weighted by Gasteiger charge is 2.25. The number of pyridine rings is 2. The van der Waals surface area contributed by atoms with E-state index in [0.717, 1.165) is 44.3 Å². The van der Waals surface area contributed by atoms with Crippen LogP contribution in [0.25, 0.3) is 98.2 Å². The van der Waals surface area contributed by atoms with E-state index in [1.165, 1.54) is 53.9 Å². The van der Waals surface area contributed by atoms with Crippen LogP contribution in [-0.4, -0.2) is 19.1 Å². The summed E-state index contributed by atoms with van der Waals surface area (Å²) in [6, 6.07) is 41.0. The molecule has 0 amide bonds. The molecule has 0 atom stereocenters. The van der Waals surface area contributed by atoms with E-state index in [1.807, 2.05) is 24.7 Å². The summed E-state index contributed by atoms with van der Waals surface area (Å²) in [6.45, 7) is 0. The van der Waals surface area contributed by atoms with Crippen molar-refractivity contribution < 1.29 is 0 Å². The van der Waals surface area contributed by atoms with Gasteiger partial charge in [-0.3, -0.25) is 9.55 Å². The van der Waals surface area contributed by atoms with Crippen molar-refractivity contribution in [3.8, 4) is 17.4 Å². The molecule has 0 aliphatic rings. The van der Waals surface area contributed by atoms with Gasteiger partial charge in [0.1, 0.15) is 17.3 Å². The van der Waals surface area contributed by atoms with Crippen LogP contribution in [0.1, 0.15) is 5.56 Å². The lowest BCUT2D eigenvalue weighted by atomic mass is 9.96. The van der Waals surface area contributed by atoms with Gasteiger partial charge in [0.15, 0.2) is 0 Å². The van der Waals surface area contributed by atoms with Gasteiger partial charge in [0.25, 0.3) is 0 Å². The molecule has 0 radical (unpaired) electrons. The van der Waals surface area contributed by atoms with Crippen molar-refractivity contribution in [3.63, 3.8) is 0 Å². The lowest BCUT2D eigenvalue weighted by Crippen LogP contribution is -2.04. The maximum Gasteiger partial charge on any atom is 0.146 e. The molecule has 0 aliphatic heterocycles. The van der Waals surface area contributed by atoms with E-state index in [4.69, 9.17) is 9.97 Å². The molecule has 0 aliphatic carbocycles. The highest BCUT2D eigenvalue weighted by molar-refractivity contribution is 6.35. The van der Waals surface area contributed by atoms with E-state index in [1.54, 1.807) is 0 Å². The first kappa shape index (κ1) is 23.9. The second-order valence-corrected chi connectivity index (χ2v) is 12.1. The van der Waals surface area contributed by atoms with Crippen molar-refractivity contribution in [2.45, 2.75) is 0 Å². The van der Waals surface area contributed by atoms with Gasteiger partial charge in [-0.05, 0) is 68.0 Å². The molecule has 210 valence electrons. The first-order chi connectivity index (χ1) is 22.8. The van der Waals surface area contributed by atoms with Gasteiger partial charge in [-0.2, -0.15) is 5.26 Å². The molecule has 7 aromatic carbocycles. The Kier molecular flexibility index (Phi) is 4.34. The van der Waals surface area contributed by atoms with E-state index in [2.05, 4.69) is 118 Å². The van der Waals surface area contributed by atoms with E-state index in [9.17, 15) is 5.26 Å². The molecule has 4 heterocycles. The maximum atomic E-state index is 11.0. The second kappa shape index (κ2) is 8.35. The van der Waals surface area contributed by atoms with Gasteiger partial charge >= 0.3 is 0 Å². The van der Waals surface area contributed by atoms with Crippen molar-refractivity contribution in [1.82, 2.24) is 19.1 Å². The Balaban J connectivity index is 1.30. The van der Waals surface area contributed by atoms with E-state index >= 15 is 0 Å². The number of aromatic nitrogens is 4. The Morgan fingerprint density at radius 1 is 0.457 bits per heavy atom. The van der Waals surface area contributed by atoms with Gasteiger partial charge in [0.05, 0.1) is 34.1 Å². The van der Waals surface area contributed by atoms with Crippen LogP contribution in [0.5, 0.6) is 0 Å². The third kappa shape index (κ3) is 2.72. The Labute approximate surface area is 261 Å². The highest BCUT2D eigenvalue weighted by atomic mass is 15.1. The lowest BCUT2D eigenvalue weighted by molar-refractivity contribution is 1.10. The van der Waals surface area contributed by atoms with Gasteiger partial charge in [-0.1, -0.05) is 78.9 Å². The van der Waals surface area contributed by atoms with Crippen molar-refractivity contribution in [3.05, 3.63) is 133 Å². The molecule has 0 bridgehead atoms. The summed E-state index contributed by atoms with van der Waals surface area (Å²) in [4.78, 5) is 9.69. The van der Waals surface area contributed by atoms with Gasteiger partial charge in [-0.25, -0.2) is 4.98 Å². The Morgan fingerprint density at radius 2 is 0.978 bits per heavy atom. The van der Waals surface area contributed by atoms with E-state index in [-0.39, 0.29) is 0 Å². The van der Waals surface area contributed by atoms with E-state index < -0.39 is 0 Å². The predicted molar refractivity (Wildman–Crippen MR) is 188 cm³/mol. The maximum absolute atomic E-state index is 11.0. The average molecular weight is 584 g/mol. The summed E-state index contributed by atoms with van der Waals surface area (Å²) >= 11 is 0. The van der Waals surface area contributed by atoms with Crippen LogP contribution in [0.15, 0.2) is 128 Å². The fourth-order valence-electron chi connectivity index (χ4n) is 8.27. The number of hydrogen-bond acceptors (Lipinski definition) is 3. The molecule has 0 spiro atoms. The van der Waals surface area contributed by atoms with Crippen LogP contribution < -0.4 is 0 Å². The smallest absolute Gasteiger partial charge is 0.146 e. The van der Waals surface area contributed by atoms with Gasteiger partial charge in [0, 0.05) is 39.3 Å². The minimum Gasteiger partial charge on any atom is -0.306 e. The largest absolute Gasteiger partial charge is 0.306 e. The summed E-state index contributed by atoms with van der Waals surface area (Å²) in [6.07, 6.45) is 5.80. The molecule has 5 heteroatoms. The molecule has 0 saturated heterocycles. The van der Waals surface area contributed by atoms with Crippen molar-refractivity contribution in [2.75, 3.05) is 0 Å². The average Bonchev–Trinajstić information content (AvgIpc) is 3.64. The van der Waals surface area contributed by atoms with Crippen LogP contribution in [-0.2, 0) is 0 Å². The summed E-state index contributed by atoms with van der Waals surface area (Å²) in [7, 11) is 0. The van der Waals surface area contributed by atoms with E-state index in [0.29, 0.717) is 5.56 Å². The quantitative estimate of drug-likeness (QED) is 0.190. The van der Waals surface area contributed by atoms with Crippen molar-refractivity contribution >= 4 is 86.8 Å². The molecule has 0 N–H and O–H groups in total.